The van der Waals surface area contributed by atoms with E-state index in [2.05, 4.69) is 5.10 Å². The maximum absolute atomic E-state index is 11.8. The van der Waals surface area contributed by atoms with Crippen LogP contribution in [0.15, 0.2) is 35.5 Å². The molecule has 2 heterocycles. The van der Waals surface area contributed by atoms with Crippen molar-refractivity contribution in [3.05, 3.63) is 30.6 Å². The smallest absolute Gasteiger partial charge is 0.238 e. The van der Waals surface area contributed by atoms with Crippen molar-refractivity contribution < 1.29 is 13.2 Å². The molecule has 3 rings (SSSR count). The van der Waals surface area contributed by atoms with E-state index in [-0.39, 0.29) is 11.1 Å². The number of aromatic nitrogens is 2. The molecule has 1 aliphatic rings. The molecule has 118 valence electrons. The number of hydrogen-bond donors (Lipinski definition) is 2. The fourth-order valence-electron chi connectivity index (χ4n) is 2.58. The molecule has 7 nitrogen and oxygen atoms in total. The third kappa shape index (κ3) is 2.99. The Kier molecular flexibility index (Phi) is 3.90. The lowest BCUT2D eigenvalue weighted by Gasteiger charge is -2.22. The summed E-state index contributed by atoms with van der Waals surface area (Å²) in [6, 6.07) is 4.63. The van der Waals surface area contributed by atoms with E-state index in [1.807, 2.05) is 0 Å². The summed E-state index contributed by atoms with van der Waals surface area (Å²) in [6.45, 7) is 0.712. The molecule has 1 aromatic heterocycles. The third-order valence-electron chi connectivity index (χ3n) is 3.68. The molecule has 22 heavy (non-hydrogen) atoms. The van der Waals surface area contributed by atoms with Crippen LogP contribution in [-0.2, 0) is 14.8 Å². The van der Waals surface area contributed by atoms with E-state index in [4.69, 9.17) is 15.6 Å². The number of sulfonamides is 1. The van der Waals surface area contributed by atoms with Crippen LogP contribution >= 0.6 is 0 Å². The Morgan fingerprint density at radius 1 is 1.32 bits per heavy atom. The summed E-state index contributed by atoms with van der Waals surface area (Å²) < 4.78 is 30.9. The monoisotopic (exact) mass is 322 g/mol. The lowest BCUT2D eigenvalue weighted by Crippen LogP contribution is -2.18. The zero-order chi connectivity index (χ0) is 15.7. The molecule has 2 aromatic rings. The van der Waals surface area contributed by atoms with Gasteiger partial charge in [0, 0.05) is 29.6 Å². The van der Waals surface area contributed by atoms with E-state index in [1.54, 1.807) is 29.2 Å². The van der Waals surface area contributed by atoms with Crippen molar-refractivity contribution >= 4 is 15.7 Å². The maximum atomic E-state index is 11.8. The molecule has 1 aliphatic heterocycles. The van der Waals surface area contributed by atoms with Gasteiger partial charge in [0.15, 0.2) is 0 Å². The summed E-state index contributed by atoms with van der Waals surface area (Å²) >= 11 is 0. The van der Waals surface area contributed by atoms with Crippen molar-refractivity contribution in [2.24, 2.45) is 5.14 Å². The minimum Gasteiger partial charge on any atom is -0.399 e. The quantitative estimate of drug-likeness (QED) is 0.831. The second-order valence-corrected chi connectivity index (χ2v) is 6.86. The minimum absolute atomic E-state index is 0.00314. The van der Waals surface area contributed by atoms with Gasteiger partial charge in [-0.05, 0) is 31.4 Å². The highest BCUT2D eigenvalue weighted by molar-refractivity contribution is 7.89. The van der Waals surface area contributed by atoms with Crippen molar-refractivity contribution in [2.45, 2.75) is 30.4 Å². The second kappa shape index (κ2) is 5.71. The molecule has 0 spiro atoms. The van der Waals surface area contributed by atoms with Crippen LogP contribution in [0.5, 0.6) is 0 Å². The molecule has 0 amide bonds. The summed E-state index contributed by atoms with van der Waals surface area (Å²) in [5.74, 6) is 0. The highest BCUT2D eigenvalue weighted by atomic mass is 32.2. The van der Waals surface area contributed by atoms with Crippen molar-refractivity contribution in [1.29, 1.82) is 0 Å². The van der Waals surface area contributed by atoms with Gasteiger partial charge in [-0.2, -0.15) is 5.10 Å². The number of nitrogens with two attached hydrogens (primary N) is 2. The molecule has 1 aromatic carbocycles. The van der Waals surface area contributed by atoms with E-state index in [0.717, 1.165) is 19.3 Å². The highest BCUT2D eigenvalue weighted by Crippen LogP contribution is 2.30. The minimum atomic E-state index is -3.87. The number of ether oxygens (including phenoxy) is 1. The predicted molar refractivity (Wildman–Crippen MR) is 82.3 cm³/mol. The van der Waals surface area contributed by atoms with Gasteiger partial charge in [0.25, 0.3) is 0 Å². The third-order valence-corrected chi connectivity index (χ3v) is 4.63. The molecule has 1 saturated heterocycles. The molecule has 0 aliphatic carbocycles. The van der Waals surface area contributed by atoms with E-state index in [0.29, 0.717) is 23.4 Å². The number of anilines is 1. The van der Waals surface area contributed by atoms with Crippen molar-refractivity contribution in [1.82, 2.24) is 9.78 Å². The molecule has 0 bridgehead atoms. The van der Waals surface area contributed by atoms with E-state index in [9.17, 15) is 8.42 Å². The molecule has 0 radical (unpaired) electrons. The zero-order valence-electron chi connectivity index (χ0n) is 12.0. The van der Waals surface area contributed by atoms with Gasteiger partial charge in [-0.3, -0.25) is 0 Å². The molecule has 0 saturated carbocycles. The maximum Gasteiger partial charge on any atom is 0.238 e. The fourth-order valence-corrected chi connectivity index (χ4v) is 3.37. The molecule has 1 fully saturated rings. The van der Waals surface area contributed by atoms with Crippen LogP contribution in [0.4, 0.5) is 5.69 Å². The Morgan fingerprint density at radius 2 is 2.14 bits per heavy atom. The first-order valence-electron chi connectivity index (χ1n) is 7.03. The molecule has 1 unspecified atom stereocenters. The number of nitrogen functional groups attached to an aromatic ring is 1. The van der Waals surface area contributed by atoms with Gasteiger partial charge in [0.1, 0.15) is 6.23 Å². The summed E-state index contributed by atoms with van der Waals surface area (Å²) in [5, 5.41) is 9.56. The Balaban J connectivity index is 2.00. The Morgan fingerprint density at radius 3 is 2.82 bits per heavy atom. The highest BCUT2D eigenvalue weighted by Gasteiger charge is 2.20. The Labute approximate surface area is 128 Å². The van der Waals surface area contributed by atoms with Gasteiger partial charge in [0.2, 0.25) is 10.0 Å². The number of rotatable bonds is 3. The lowest BCUT2D eigenvalue weighted by molar-refractivity contribution is -0.0394. The first-order chi connectivity index (χ1) is 10.4. The van der Waals surface area contributed by atoms with Gasteiger partial charge in [-0.25, -0.2) is 18.2 Å². The van der Waals surface area contributed by atoms with Crippen LogP contribution in [-0.4, -0.2) is 24.8 Å². The Hall–Kier alpha value is -1.90. The van der Waals surface area contributed by atoms with Gasteiger partial charge in [-0.1, -0.05) is 6.07 Å². The van der Waals surface area contributed by atoms with Crippen LogP contribution < -0.4 is 10.9 Å². The summed E-state index contributed by atoms with van der Waals surface area (Å²) in [6.07, 6.45) is 6.32. The van der Waals surface area contributed by atoms with Crippen molar-refractivity contribution in [3.63, 3.8) is 0 Å². The fraction of sp³-hybridized carbons (Fsp3) is 0.357. The normalized spacial score (nSPS) is 19.2. The zero-order valence-corrected chi connectivity index (χ0v) is 12.8. The molecule has 8 heteroatoms. The SMILES string of the molecule is Nc1ccc(-c2cnn(C3CCCCO3)c2)c(S(N)(=O)=O)c1. The average Bonchev–Trinajstić information content (AvgIpc) is 2.97. The molecular weight excluding hydrogens is 304 g/mol. The number of nitrogens with zero attached hydrogens (tertiary/aromatic N) is 2. The Bertz CT molecular complexity index is 779. The second-order valence-electron chi connectivity index (χ2n) is 5.33. The van der Waals surface area contributed by atoms with Gasteiger partial charge >= 0.3 is 0 Å². The summed E-state index contributed by atoms with van der Waals surface area (Å²) in [4.78, 5) is -0.00314. The van der Waals surface area contributed by atoms with E-state index < -0.39 is 10.0 Å². The van der Waals surface area contributed by atoms with Crippen molar-refractivity contribution in [3.8, 4) is 11.1 Å². The molecule has 4 N–H and O–H groups in total. The standard InChI is InChI=1S/C14H18N4O3S/c15-11-4-5-12(13(7-11)22(16,19)20)10-8-17-18(9-10)14-3-1-2-6-21-14/h4-5,7-9,14H,1-3,6,15H2,(H2,16,19,20). The van der Waals surface area contributed by atoms with Crippen LogP contribution in [0.1, 0.15) is 25.5 Å². The van der Waals surface area contributed by atoms with E-state index >= 15 is 0 Å². The first kappa shape index (κ1) is 15.0. The largest absolute Gasteiger partial charge is 0.399 e. The van der Waals surface area contributed by atoms with E-state index in [1.165, 1.54) is 6.07 Å². The van der Waals surface area contributed by atoms with Gasteiger partial charge in [0.05, 0.1) is 11.1 Å². The lowest BCUT2D eigenvalue weighted by atomic mass is 10.1. The van der Waals surface area contributed by atoms with Crippen molar-refractivity contribution in [2.75, 3.05) is 12.3 Å². The van der Waals surface area contributed by atoms with Gasteiger partial charge < -0.3 is 10.5 Å². The summed E-state index contributed by atoms with van der Waals surface area (Å²) in [5.41, 5.74) is 7.16. The van der Waals surface area contributed by atoms with Crippen LogP contribution in [0.25, 0.3) is 11.1 Å². The van der Waals surface area contributed by atoms with Gasteiger partial charge in [-0.15, -0.1) is 0 Å². The molecular formula is C14H18N4O3S. The average molecular weight is 322 g/mol. The predicted octanol–water partition coefficient (Wildman–Crippen LogP) is 1.48. The number of primary sulfonamides is 1. The number of benzene rings is 1. The van der Waals surface area contributed by atoms with Crippen LogP contribution in [0.2, 0.25) is 0 Å². The van der Waals surface area contributed by atoms with Crippen LogP contribution in [0, 0.1) is 0 Å². The number of hydrogen-bond acceptors (Lipinski definition) is 5. The van der Waals surface area contributed by atoms with Crippen LogP contribution in [0.3, 0.4) is 0 Å². The topological polar surface area (TPSA) is 113 Å². The summed E-state index contributed by atoms with van der Waals surface area (Å²) in [7, 11) is -3.87. The molecule has 1 atom stereocenters. The first-order valence-corrected chi connectivity index (χ1v) is 8.58.